The second-order valence-electron chi connectivity index (χ2n) is 14.4. The molecule has 0 radical (unpaired) electrons. The molecule has 0 saturated carbocycles. The van der Waals surface area contributed by atoms with E-state index >= 15 is 0 Å². The molecule has 0 aliphatic carbocycles. The average Bonchev–Trinajstić information content (AvgIpc) is 2.96. The highest BCUT2D eigenvalue weighted by atomic mass is 16.6. The molecular weight excluding hydrogens is 620 g/mol. The van der Waals surface area contributed by atoms with Crippen molar-refractivity contribution in [2.24, 2.45) is 22.5 Å². The van der Waals surface area contributed by atoms with Crippen molar-refractivity contribution < 1.29 is 38.2 Å². The lowest BCUT2D eigenvalue weighted by molar-refractivity contribution is -0.153. The van der Waals surface area contributed by atoms with Crippen molar-refractivity contribution in [3.8, 4) is 0 Å². The van der Waals surface area contributed by atoms with Crippen LogP contribution in [0, 0.1) is 16.7 Å². The number of carbonyl (C=O) groups is 6. The first-order chi connectivity index (χ1) is 22.2. The number of nitrogens with zero attached hydrogens (tertiary/aromatic N) is 1. The van der Waals surface area contributed by atoms with Gasteiger partial charge in [0, 0.05) is 25.7 Å². The molecule has 0 unspecified atom stereocenters. The van der Waals surface area contributed by atoms with Crippen LogP contribution < -0.4 is 27.0 Å². The van der Waals surface area contributed by atoms with Crippen molar-refractivity contribution in [1.29, 1.82) is 0 Å². The first kappa shape index (κ1) is 41.7. The van der Waals surface area contributed by atoms with E-state index in [0.29, 0.717) is 30.6 Å². The largest absolute Gasteiger partial charge is 0.463 e. The number of hydrogen-bond donors (Lipinski definition) is 5. The topological polar surface area (TPSA) is 198 Å². The summed E-state index contributed by atoms with van der Waals surface area (Å²) < 4.78 is 10.5. The maximum absolute atomic E-state index is 13.4. The monoisotopic (exact) mass is 676 g/mol. The molecule has 0 fully saturated rings. The second kappa shape index (κ2) is 19.5. The number of likely N-dealkylation sites (N-methyl/N-ethyl adjacent to an activating group) is 1. The zero-order valence-corrected chi connectivity index (χ0v) is 30.0. The molecule has 0 aliphatic heterocycles. The molecule has 0 heterocycles. The van der Waals surface area contributed by atoms with E-state index in [1.54, 1.807) is 52.1 Å². The van der Waals surface area contributed by atoms with Crippen LogP contribution in [0.25, 0.3) is 0 Å². The van der Waals surface area contributed by atoms with E-state index in [2.05, 4.69) is 21.3 Å². The van der Waals surface area contributed by atoms with Gasteiger partial charge in [-0.1, -0.05) is 46.8 Å². The summed E-state index contributed by atoms with van der Waals surface area (Å²) in [5.41, 5.74) is 5.36. The third-order valence-electron chi connectivity index (χ3n) is 6.98. The van der Waals surface area contributed by atoms with Gasteiger partial charge in [-0.25, -0.2) is 9.59 Å². The van der Waals surface area contributed by atoms with E-state index in [-0.39, 0.29) is 55.8 Å². The second-order valence-corrected chi connectivity index (χ2v) is 14.4. The van der Waals surface area contributed by atoms with Crippen LogP contribution in [0.1, 0.15) is 86.6 Å². The third-order valence-corrected chi connectivity index (χ3v) is 6.98. The summed E-state index contributed by atoms with van der Waals surface area (Å²) in [5, 5.41) is 10.9. The molecule has 270 valence electrons. The number of nitrogens with one attached hydrogen (secondary N) is 4. The Kier molecular flexibility index (Phi) is 16.9. The molecule has 0 aliphatic rings. The Balaban J connectivity index is 2.84. The van der Waals surface area contributed by atoms with Gasteiger partial charge in [-0.3, -0.25) is 19.2 Å². The number of anilines is 1. The first-order valence-corrected chi connectivity index (χ1v) is 16.3. The Morgan fingerprint density at radius 1 is 0.875 bits per heavy atom. The quantitative estimate of drug-likeness (QED) is 0.122. The summed E-state index contributed by atoms with van der Waals surface area (Å²) in [4.78, 5) is 75.9. The summed E-state index contributed by atoms with van der Waals surface area (Å²) in [6, 6.07) is 4.27. The van der Waals surface area contributed by atoms with Crippen molar-refractivity contribution in [3.05, 3.63) is 29.8 Å². The zero-order valence-electron chi connectivity index (χ0n) is 30.0. The van der Waals surface area contributed by atoms with E-state index in [1.807, 2.05) is 34.6 Å². The Labute approximate surface area is 284 Å². The maximum Gasteiger partial charge on any atom is 0.409 e. The number of hydrogen-bond acceptors (Lipinski definition) is 8. The molecule has 1 aromatic carbocycles. The molecule has 2 atom stereocenters. The summed E-state index contributed by atoms with van der Waals surface area (Å²) in [6.07, 6.45) is 0.956. The Hall–Kier alpha value is -4.36. The van der Waals surface area contributed by atoms with Crippen LogP contribution >= 0.6 is 0 Å². The minimum absolute atomic E-state index is 0.0191. The fourth-order valence-corrected chi connectivity index (χ4v) is 4.21. The van der Waals surface area contributed by atoms with Gasteiger partial charge in [0.1, 0.15) is 25.3 Å². The fraction of sp³-hybridized carbons (Fsp3) is 0.647. The first-order valence-electron chi connectivity index (χ1n) is 16.3. The lowest BCUT2D eigenvalue weighted by atomic mass is 9.91. The smallest absolute Gasteiger partial charge is 0.409 e. The molecule has 0 spiro atoms. The highest BCUT2D eigenvalue weighted by Gasteiger charge is 2.30. The number of benzene rings is 1. The van der Waals surface area contributed by atoms with E-state index in [1.165, 1.54) is 4.90 Å². The molecule has 1 rings (SSSR count). The van der Waals surface area contributed by atoms with E-state index < -0.39 is 41.4 Å². The van der Waals surface area contributed by atoms with Crippen LogP contribution in [0.3, 0.4) is 0 Å². The summed E-state index contributed by atoms with van der Waals surface area (Å²) >= 11 is 0. The number of nitrogens with two attached hydrogens (primary N) is 1. The van der Waals surface area contributed by atoms with Gasteiger partial charge in [-0.2, -0.15) is 0 Å². The van der Waals surface area contributed by atoms with Crippen molar-refractivity contribution in [2.45, 2.75) is 99.8 Å². The Morgan fingerprint density at radius 3 is 2.04 bits per heavy atom. The van der Waals surface area contributed by atoms with Crippen LogP contribution in [0.4, 0.5) is 15.3 Å². The molecule has 0 bridgehead atoms. The lowest BCUT2D eigenvalue weighted by Crippen LogP contribution is -2.54. The van der Waals surface area contributed by atoms with Gasteiger partial charge >= 0.3 is 18.1 Å². The third kappa shape index (κ3) is 17.0. The van der Waals surface area contributed by atoms with Crippen molar-refractivity contribution in [3.63, 3.8) is 0 Å². The molecule has 14 heteroatoms. The molecular formula is C34H56N6O8. The van der Waals surface area contributed by atoms with E-state index in [0.717, 1.165) is 0 Å². The Morgan fingerprint density at radius 2 is 1.50 bits per heavy atom. The highest BCUT2D eigenvalue weighted by molar-refractivity contribution is 5.98. The predicted molar refractivity (Wildman–Crippen MR) is 183 cm³/mol. The Bertz CT molecular complexity index is 1240. The van der Waals surface area contributed by atoms with Gasteiger partial charge in [0.25, 0.3) is 0 Å². The van der Waals surface area contributed by atoms with Crippen LogP contribution in [0.2, 0.25) is 0 Å². The minimum atomic E-state index is -0.925. The fourth-order valence-electron chi connectivity index (χ4n) is 4.21. The number of primary amides is 1. The van der Waals surface area contributed by atoms with Crippen LogP contribution in [-0.4, -0.2) is 79.5 Å². The van der Waals surface area contributed by atoms with Gasteiger partial charge in [0.2, 0.25) is 17.7 Å². The van der Waals surface area contributed by atoms with Crippen LogP contribution in [0.15, 0.2) is 24.3 Å². The molecule has 48 heavy (non-hydrogen) atoms. The van der Waals surface area contributed by atoms with E-state index in [4.69, 9.17) is 15.2 Å². The van der Waals surface area contributed by atoms with Gasteiger partial charge in [0.05, 0.1) is 12.0 Å². The van der Waals surface area contributed by atoms with Crippen molar-refractivity contribution in [2.75, 3.05) is 32.1 Å². The van der Waals surface area contributed by atoms with Gasteiger partial charge < -0.3 is 41.4 Å². The molecule has 14 nitrogen and oxygen atoms in total. The normalized spacial score (nSPS) is 12.7. The van der Waals surface area contributed by atoms with Gasteiger partial charge in [-0.15, -0.1) is 0 Å². The van der Waals surface area contributed by atoms with Crippen molar-refractivity contribution in [1.82, 2.24) is 20.9 Å². The summed E-state index contributed by atoms with van der Waals surface area (Å²) in [5.74, 6) is -1.78. The zero-order chi connectivity index (χ0) is 36.7. The summed E-state index contributed by atoms with van der Waals surface area (Å²) in [7, 11) is 1.54. The van der Waals surface area contributed by atoms with Gasteiger partial charge in [0.15, 0.2) is 0 Å². The highest BCUT2D eigenvalue weighted by Crippen LogP contribution is 2.19. The maximum atomic E-state index is 13.4. The van der Waals surface area contributed by atoms with Crippen LogP contribution in [0.5, 0.6) is 0 Å². The number of amides is 6. The number of rotatable bonds is 17. The van der Waals surface area contributed by atoms with Gasteiger partial charge in [-0.05, 0) is 69.1 Å². The number of carbonyl (C=O) groups excluding carboxylic acids is 6. The molecule has 6 amide bonds. The number of urea groups is 1. The SMILES string of the molecule is CC(C)[C@H](NC(=O)CC(C)(C)C)C(=O)N[C@@H](CCCCNC(N)=O)C(=O)Nc1ccc(COC(=O)N(C)CCOC(=O)C(C)(C)C)cc1. The number of ether oxygens (including phenoxy) is 2. The minimum Gasteiger partial charge on any atom is -0.463 e. The number of unbranched alkanes of at least 4 members (excludes halogenated alkanes) is 1. The molecule has 1 aromatic rings. The lowest BCUT2D eigenvalue weighted by Gasteiger charge is -2.27. The number of esters is 1. The summed E-state index contributed by atoms with van der Waals surface area (Å²) in [6.45, 7) is 15.2. The van der Waals surface area contributed by atoms with Crippen molar-refractivity contribution >= 4 is 41.5 Å². The molecule has 0 saturated heterocycles. The van der Waals surface area contributed by atoms with E-state index in [9.17, 15) is 28.8 Å². The predicted octanol–water partition coefficient (Wildman–Crippen LogP) is 3.68. The molecule has 6 N–H and O–H groups in total. The molecule has 0 aromatic heterocycles. The van der Waals surface area contributed by atoms with Crippen LogP contribution in [-0.2, 0) is 35.3 Å². The average molecular weight is 677 g/mol. The standard InChI is InChI=1S/C34H56N6O8/c1-22(2)27(39-26(41)20-33(3,4)5)29(43)38-25(12-10-11-17-36-31(35)45)28(42)37-24-15-13-23(14-16-24)21-48-32(46)40(9)18-19-47-30(44)34(6,7)8/h13-16,22,25,27H,10-12,17-21H2,1-9H3,(H,37,42)(H,38,43)(H,39,41)(H3,35,36,45)/t25-,27-/m0/s1.